The fourth-order valence-corrected chi connectivity index (χ4v) is 4.32. The van der Waals surface area contributed by atoms with E-state index in [1.807, 2.05) is 7.05 Å². The molecule has 2 fully saturated rings. The lowest BCUT2D eigenvalue weighted by molar-refractivity contribution is 0.756. The maximum Gasteiger partial charge on any atom is 0.136 e. The van der Waals surface area contributed by atoms with E-state index < -0.39 is 0 Å². The molecule has 5 heteroatoms. The molecule has 2 atom stereocenters. The van der Waals surface area contributed by atoms with Crippen molar-refractivity contribution in [2.24, 2.45) is 0 Å². The highest BCUT2D eigenvalue weighted by atomic mass is 32.2. The largest absolute Gasteiger partial charge is 0.373 e. The zero-order chi connectivity index (χ0) is 14.8. The maximum atomic E-state index is 4.83. The van der Waals surface area contributed by atoms with Gasteiger partial charge in [-0.15, -0.1) is 0 Å². The van der Waals surface area contributed by atoms with Crippen LogP contribution in [0.4, 0.5) is 11.6 Å². The highest BCUT2D eigenvalue weighted by Crippen LogP contribution is 2.40. The number of nitrogens with zero attached hydrogens (tertiary/aromatic N) is 2. The first-order chi connectivity index (χ1) is 10.2. The lowest BCUT2D eigenvalue weighted by Gasteiger charge is -2.22. The van der Waals surface area contributed by atoms with E-state index in [0.29, 0.717) is 12.0 Å². The average Bonchev–Trinajstić information content (AvgIpc) is 3.24. The van der Waals surface area contributed by atoms with Crippen LogP contribution in [0, 0.1) is 6.92 Å². The zero-order valence-electron chi connectivity index (χ0n) is 13.3. The molecule has 2 aliphatic rings. The number of nitrogens with one attached hydrogen (secondary N) is 2. The lowest BCUT2D eigenvalue weighted by Crippen LogP contribution is -2.27. The van der Waals surface area contributed by atoms with Crippen molar-refractivity contribution in [3.8, 4) is 0 Å². The summed E-state index contributed by atoms with van der Waals surface area (Å²) in [6.07, 6.45) is 6.39. The quantitative estimate of drug-likeness (QED) is 0.837. The van der Waals surface area contributed by atoms with Gasteiger partial charge in [0.15, 0.2) is 0 Å². The summed E-state index contributed by atoms with van der Waals surface area (Å²) >= 11 is 2.08. The molecule has 0 bridgehead atoms. The molecular formula is C16H26N4S. The van der Waals surface area contributed by atoms with Crippen LogP contribution in [0.15, 0.2) is 0 Å². The molecule has 1 aromatic heterocycles. The Morgan fingerprint density at radius 1 is 1.14 bits per heavy atom. The van der Waals surface area contributed by atoms with Crippen LogP contribution in [0.3, 0.4) is 0 Å². The second-order valence-corrected chi connectivity index (χ2v) is 7.62. The van der Waals surface area contributed by atoms with Crippen molar-refractivity contribution in [2.45, 2.75) is 63.2 Å². The van der Waals surface area contributed by atoms with E-state index in [2.05, 4.69) is 41.2 Å². The molecule has 4 nitrogen and oxygen atoms in total. The van der Waals surface area contributed by atoms with Gasteiger partial charge >= 0.3 is 0 Å². The standard InChI is InChI=1S/C16H26N4S/c1-4-21-13-7-5-6-12(13)18-15-10(2)14(17-3)19-16(20-15)11-8-9-11/h11-13H,4-9H2,1-3H3,(H2,17,18,19,20). The van der Waals surface area contributed by atoms with Crippen LogP contribution < -0.4 is 10.6 Å². The summed E-state index contributed by atoms with van der Waals surface area (Å²) in [5, 5.41) is 7.68. The van der Waals surface area contributed by atoms with Gasteiger partial charge < -0.3 is 10.6 Å². The number of aromatic nitrogens is 2. The summed E-state index contributed by atoms with van der Waals surface area (Å²) in [4.78, 5) is 9.51. The Kier molecular flexibility index (Phi) is 4.57. The first-order valence-corrected chi connectivity index (χ1v) is 9.22. The van der Waals surface area contributed by atoms with E-state index in [0.717, 1.165) is 28.3 Å². The third-order valence-electron chi connectivity index (χ3n) is 4.50. The molecular weight excluding hydrogens is 280 g/mol. The summed E-state index contributed by atoms with van der Waals surface area (Å²) in [6, 6.07) is 0.556. The van der Waals surface area contributed by atoms with Gasteiger partial charge in [0.1, 0.15) is 17.5 Å². The van der Waals surface area contributed by atoms with E-state index in [9.17, 15) is 0 Å². The first-order valence-electron chi connectivity index (χ1n) is 8.17. The highest BCUT2D eigenvalue weighted by molar-refractivity contribution is 7.99. The number of rotatable bonds is 6. The van der Waals surface area contributed by atoms with Crippen LogP contribution in [0.2, 0.25) is 0 Å². The number of hydrogen-bond acceptors (Lipinski definition) is 5. The molecule has 0 aromatic carbocycles. The monoisotopic (exact) mass is 306 g/mol. The SMILES string of the molecule is CCSC1CCCC1Nc1nc(C2CC2)nc(NC)c1C. The Morgan fingerprint density at radius 2 is 1.90 bits per heavy atom. The fraction of sp³-hybridized carbons (Fsp3) is 0.750. The molecule has 116 valence electrons. The third kappa shape index (κ3) is 3.28. The van der Waals surface area contributed by atoms with Crippen molar-refractivity contribution in [3.05, 3.63) is 11.4 Å². The molecule has 2 N–H and O–H groups in total. The summed E-state index contributed by atoms with van der Waals surface area (Å²) in [7, 11) is 1.95. The molecule has 2 saturated carbocycles. The number of anilines is 2. The number of hydrogen-bond donors (Lipinski definition) is 2. The topological polar surface area (TPSA) is 49.8 Å². The van der Waals surface area contributed by atoms with Gasteiger partial charge in [0.2, 0.25) is 0 Å². The second kappa shape index (κ2) is 6.42. The van der Waals surface area contributed by atoms with Crippen LogP contribution in [0.1, 0.15) is 56.3 Å². The van der Waals surface area contributed by atoms with Crippen molar-refractivity contribution < 1.29 is 0 Å². The lowest BCUT2D eigenvalue weighted by atomic mass is 10.2. The molecule has 3 rings (SSSR count). The third-order valence-corrected chi connectivity index (χ3v) is 5.82. The molecule has 2 unspecified atom stereocenters. The summed E-state index contributed by atoms with van der Waals surface area (Å²) in [6.45, 7) is 4.36. The van der Waals surface area contributed by atoms with Crippen molar-refractivity contribution in [1.29, 1.82) is 0 Å². The van der Waals surface area contributed by atoms with Gasteiger partial charge in [-0.1, -0.05) is 13.3 Å². The smallest absolute Gasteiger partial charge is 0.136 e. The Hall–Kier alpha value is -0.970. The van der Waals surface area contributed by atoms with Crippen LogP contribution in [-0.2, 0) is 0 Å². The summed E-state index contributed by atoms with van der Waals surface area (Å²) in [5.74, 6) is 4.82. The fourth-order valence-electron chi connectivity index (χ4n) is 3.12. The Morgan fingerprint density at radius 3 is 2.57 bits per heavy atom. The Bertz CT molecular complexity index is 501. The molecule has 0 radical (unpaired) electrons. The predicted molar refractivity (Wildman–Crippen MR) is 91.5 cm³/mol. The van der Waals surface area contributed by atoms with Gasteiger partial charge in [-0.2, -0.15) is 11.8 Å². The van der Waals surface area contributed by atoms with E-state index in [1.54, 1.807) is 0 Å². The minimum Gasteiger partial charge on any atom is -0.373 e. The summed E-state index contributed by atoms with van der Waals surface area (Å²) < 4.78 is 0. The molecule has 2 aliphatic carbocycles. The van der Waals surface area contributed by atoms with Crippen molar-refractivity contribution >= 4 is 23.4 Å². The average molecular weight is 306 g/mol. The Labute approximate surface area is 131 Å². The molecule has 0 amide bonds. The van der Waals surface area contributed by atoms with Gasteiger partial charge in [-0.3, -0.25) is 0 Å². The van der Waals surface area contributed by atoms with Crippen LogP contribution in [0.25, 0.3) is 0 Å². The van der Waals surface area contributed by atoms with E-state index >= 15 is 0 Å². The van der Waals surface area contributed by atoms with E-state index in [1.165, 1.54) is 37.9 Å². The van der Waals surface area contributed by atoms with Gasteiger partial charge in [-0.25, -0.2) is 9.97 Å². The Balaban J connectivity index is 1.81. The summed E-state index contributed by atoms with van der Waals surface area (Å²) in [5.41, 5.74) is 1.15. The van der Waals surface area contributed by atoms with Gasteiger partial charge in [-0.05, 0) is 38.4 Å². The van der Waals surface area contributed by atoms with Crippen molar-refractivity contribution in [2.75, 3.05) is 23.4 Å². The molecule has 1 aromatic rings. The normalized spacial score (nSPS) is 25.1. The highest BCUT2D eigenvalue weighted by Gasteiger charge is 2.30. The van der Waals surface area contributed by atoms with Gasteiger partial charge in [0, 0.05) is 29.8 Å². The number of thioether (sulfide) groups is 1. The zero-order valence-corrected chi connectivity index (χ0v) is 14.1. The van der Waals surface area contributed by atoms with Crippen LogP contribution in [-0.4, -0.2) is 34.1 Å². The first kappa shape index (κ1) is 14.9. The molecule has 21 heavy (non-hydrogen) atoms. The van der Waals surface area contributed by atoms with Crippen molar-refractivity contribution in [3.63, 3.8) is 0 Å². The van der Waals surface area contributed by atoms with Crippen molar-refractivity contribution in [1.82, 2.24) is 9.97 Å². The van der Waals surface area contributed by atoms with Gasteiger partial charge in [0.05, 0.1) is 0 Å². The predicted octanol–water partition coefficient (Wildman–Crippen LogP) is 3.79. The van der Waals surface area contributed by atoms with Crippen LogP contribution in [0.5, 0.6) is 0 Å². The second-order valence-electron chi connectivity index (χ2n) is 6.10. The van der Waals surface area contributed by atoms with E-state index in [4.69, 9.17) is 4.98 Å². The minimum atomic E-state index is 0.556. The molecule has 0 spiro atoms. The molecule has 1 heterocycles. The van der Waals surface area contributed by atoms with E-state index in [-0.39, 0.29) is 0 Å². The minimum absolute atomic E-state index is 0.556. The maximum absolute atomic E-state index is 4.83. The molecule has 0 aliphatic heterocycles. The molecule has 0 saturated heterocycles. The van der Waals surface area contributed by atoms with Gasteiger partial charge in [0.25, 0.3) is 0 Å². The van der Waals surface area contributed by atoms with Crippen LogP contribution >= 0.6 is 11.8 Å².